The average molecular weight is 299 g/mol. The Hall–Kier alpha value is -0.940. The van der Waals surface area contributed by atoms with Gasteiger partial charge in [0.05, 0.1) is 4.90 Å². The summed E-state index contributed by atoms with van der Waals surface area (Å²) in [7, 11) is -3.57. The molecule has 0 N–H and O–H groups in total. The predicted molar refractivity (Wildman–Crippen MR) is 77.7 cm³/mol. The summed E-state index contributed by atoms with van der Waals surface area (Å²) >= 11 is 0. The largest absolute Gasteiger partial charge is 0.244 e. The lowest BCUT2D eigenvalue weighted by atomic mass is 10.0. The number of rotatable bonds is 2. The van der Waals surface area contributed by atoms with Crippen LogP contribution in [0.4, 0.5) is 4.39 Å². The van der Waals surface area contributed by atoms with E-state index in [9.17, 15) is 12.8 Å². The van der Waals surface area contributed by atoms with Crippen LogP contribution in [0.2, 0.25) is 0 Å². The van der Waals surface area contributed by atoms with Gasteiger partial charge in [-0.2, -0.15) is 4.31 Å². The van der Waals surface area contributed by atoms with Gasteiger partial charge in [-0.05, 0) is 63.8 Å². The van der Waals surface area contributed by atoms with E-state index in [1.165, 1.54) is 12.1 Å². The first-order chi connectivity index (χ1) is 9.25. The van der Waals surface area contributed by atoms with Crippen LogP contribution in [0.25, 0.3) is 0 Å². The van der Waals surface area contributed by atoms with Gasteiger partial charge in [-0.3, -0.25) is 0 Å². The van der Waals surface area contributed by atoms with E-state index in [2.05, 4.69) is 0 Å². The van der Waals surface area contributed by atoms with Crippen LogP contribution in [0.3, 0.4) is 0 Å². The molecule has 112 valence electrons. The van der Waals surface area contributed by atoms with Crippen LogP contribution < -0.4 is 0 Å². The Morgan fingerprint density at radius 2 is 1.55 bits per heavy atom. The van der Waals surface area contributed by atoms with Gasteiger partial charge in [-0.1, -0.05) is 6.42 Å². The SMILES string of the molecule is Cc1cc(F)cc(C)c1S(=O)(=O)N1C(C)CCCC1C. The molecule has 0 amide bonds. The van der Waals surface area contributed by atoms with Crippen LogP contribution in [0.5, 0.6) is 0 Å². The van der Waals surface area contributed by atoms with Crippen molar-refractivity contribution < 1.29 is 12.8 Å². The van der Waals surface area contributed by atoms with E-state index in [1.54, 1.807) is 18.2 Å². The van der Waals surface area contributed by atoms with Crippen molar-refractivity contribution in [2.75, 3.05) is 0 Å². The van der Waals surface area contributed by atoms with Crippen LogP contribution >= 0.6 is 0 Å². The first-order valence-electron chi connectivity index (χ1n) is 7.05. The molecule has 1 fully saturated rings. The number of benzene rings is 1. The number of piperidine rings is 1. The lowest BCUT2D eigenvalue weighted by Gasteiger charge is -2.38. The fourth-order valence-electron chi connectivity index (χ4n) is 3.28. The van der Waals surface area contributed by atoms with E-state index in [4.69, 9.17) is 0 Å². The van der Waals surface area contributed by atoms with Gasteiger partial charge in [-0.15, -0.1) is 0 Å². The molecule has 0 aromatic heterocycles. The minimum absolute atomic E-state index is 0.00685. The third-order valence-corrected chi connectivity index (χ3v) is 6.51. The van der Waals surface area contributed by atoms with Gasteiger partial charge < -0.3 is 0 Å². The molecule has 1 saturated heterocycles. The minimum atomic E-state index is -3.57. The number of hydrogen-bond acceptors (Lipinski definition) is 2. The Morgan fingerprint density at radius 1 is 1.10 bits per heavy atom. The summed E-state index contributed by atoms with van der Waals surface area (Å²) in [6.45, 7) is 7.20. The van der Waals surface area contributed by atoms with Gasteiger partial charge in [0.25, 0.3) is 0 Å². The topological polar surface area (TPSA) is 37.4 Å². The van der Waals surface area contributed by atoms with E-state index in [1.807, 2.05) is 13.8 Å². The zero-order valence-electron chi connectivity index (χ0n) is 12.5. The molecule has 1 heterocycles. The number of hydrogen-bond donors (Lipinski definition) is 0. The van der Waals surface area contributed by atoms with Crippen molar-refractivity contribution >= 4 is 10.0 Å². The molecule has 2 atom stereocenters. The molecular weight excluding hydrogens is 277 g/mol. The number of sulfonamides is 1. The van der Waals surface area contributed by atoms with Gasteiger partial charge in [0, 0.05) is 12.1 Å². The number of aryl methyl sites for hydroxylation is 2. The van der Waals surface area contributed by atoms with E-state index < -0.39 is 15.8 Å². The van der Waals surface area contributed by atoms with E-state index >= 15 is 0 Å². The van der Waals surface area contributed by atoms with Crippen LogP contribution in [0, 0.1) is 19.7 Å². The maximum atomic E-state index is 13.4. The fourth-order valence-corrected chi connectivity index (χ4v) is 5.58. The first-order valence-corrected chi connectivity index (χ1v) is 8.49. The Morgan fingerprint density at radius 3 is 2.00 bits per heavy atom. The number of halogens is 1. The maximum absolute atomic E-state index is 13.4. The van der Waals surface area contributed by atoms with Crippen molar-refractivity contribution in [3.8, 4) is 0 Å². The van der Waals surface area contributed by atoms with Gasteiger partial charge in [0.1, 0.15) is 5.82 Å². The second-order valence-electron chi connectivity index (χ2n) is 5.83. The van der Waals surface area contributed by atoms with Crippen molar-refractivity contribution in [3.63, 3.8) is 0 Å². The van der Waals surface area contributed by atoms with Crippen molar-refractivity contribution in [3.05, 3.63) is 29.1 Å². The van der Waals surface area contributed by atoms with E-state index in [0.717, 1.165) is 19.3 Å². The second-order valence-corrected chi connectivity index (χ2v) is 7.61. The lowest BCUT2D eigenvalue weighted by Crippen LogP contribution is -2.47. The molecule has 2 unspecified atom stereocenters. The van der Waals surface area contributed by atoms with E-state index in [0.29, 0.717) is 11.1 Å². The Balaban J connectivity index is 2.55. The van der Waals surface area contributed by atoms with Crippen LogP contribution in [0.1, 0.15) is 44.2 Å². The standard InChI is InChI=1S/C15H22FNO2S/c1-10-8-14(16)9-11(2)15(10)20(18,19)17-12(3)6-5-7-13(17)4/h8-9,12-13H,5-7H2,1-4H3. The van der Waals surface area contributed by atoms with Crippen molar-refractivity contribution in [1.82, 2.24) is 4.31 Å². The second kappa shape index (κ2) is 5.45. The highest BCUT2D eigenvalue weighted by Crippen LogP contribution is 2.32. The van der Waals surface area contributed by atoms with Gasteiger partial charge in [0.15, 0.2) is 0 Å². The van der Waals surface area contributed by atoms with Crippen molar-refractivity contribution in [2.24, 2.45) is 0 Å². The summed E-state index contributed by atoms with van der Waals surface area (Å²) in [6, 6.07) is 2.57. The molecule has 0 aliphatic carbocycles. The Kier molecular flexibility index (Phi) is 4.21. The van der Waals surface area contributed by atoms with Crippen LogP contribution in [-0.4, -0.2) is 24.8 Å². The highest BCUT2D eigenvalue weighted by Gasteiger charge is 2.37. The third-order valence-electron chi connectivity index (χ3n) is 4.07. The molecule has 2 rings (SSSR count). The zero-order chi connectivity index (χ0) is 15.1. The molecule has 5 heteroatoms. The van der Waals surface area contributed by atoms with Crippen molar-refractivity contribution in [1.29, 1.82) is 0 Å². The fraction of sp³-hybridized carbons (Fsp3) is 0.600. The number of nitrogens with zero attached hydrogens (tertiary/aromatic N) is 1. The van der Waals surface area contributed by atoms with Gasteiger partial charge >= 0.3 is 0 Å². The Labute approximate surface area is 120 Å². The highest BCUT2D eigenvalue weighted by molar-refractivity contribution is 7.89. The molecule has 0 radical (unpaired) electrons. The highest BCUT2D eigenvalue weighted by atomic mass is 32.2. The van der Waals surface area contributed by atoms with E-state index in [-0.39, 0.29) is 17.0 Å². The normalized spacial score (nSPS) is 24.9. The van der Waals surface area contributed by atoms with Crippen LogP contribution in [0.15, 0.2) is 17.0 Å². The maximum Gasteiger partial charge on any atom is 0.244 e. The molecule has 1 aliphatic rings. The smallest absolute Gasteiger partial charge is 0.207 e. The van der Waals surface area contributed by atoms with Gasteiger partial charge in [-0.25, -0.2) is 12.8 Å². The minimum Gasteiger partial charge on any atom is -0.207 e. The molecular formula is C15H22FNO2S. The molecule has 0 bridgehead atoms. The molecule has 1 aliphatic heterocycles. The monoisotopic (exact) mass is 299 g/mol. The quantitative estimate of drug-likeness (QED) is 0.839. The zero-order valence-corrected chi connectivity index (χ0v) is 13.3. The predicted octanol–water partition coefficient (Wildman–Crippen LogP) is 3.39. The molecule has 1 aromatic carbocycles. The van der Waals surface area contributed by atoms with Crippen molar-refractivity contribution in [2.45, 2.75) is 63.9 Å². The Bertz CT molecular complexity index is 579. The average Bonchev–Trinajstić information content (AvgIpc) is 2.25. The summed E-state index contributed by atoms with van der Waals surface area (Å²) < 4.78 is 40.9. The summed E-state index contributed by atoms with van der Waals surface area (Å²) in [5, 5.41) is 0. The lowest BCUT2D eigenvalue weighted by molar-refractivity contribution is 0.204. The van der Waals surface area contributed by atoms with Crippen LogP contribution in [-0.2, 0) is 10.0 Å². The summed E-state index contributed by atoms with van der Waals surface area (Å²) in [5.41, 5.74) is 0.958. The summed E-state index contributed by atoms with van der Waals surface area (Å²) in [4.78, 5) is 0.263. The summed E-state index contributed by atoms with van der Waals surface area (Å²) in [5.74, 6) is -0.390. The third kappa shape index (κ3) is 2.61. The van der Waals surface area contributed by atoms with Gasteiger partial charge in [0.2, 0.25) is 10.0 Å². The molecule has 0 spiro atoms. The molecule has 3 nitrogen and oxygen atoms in total. The first kappa shape index (κ1) is 15.4. The molecule has 20 heavy (non-hydrogen) atoms. The summed E-state index contributed by atoms with van der Waals surface area (Å²) in [6.07, 6.45) is 2.81. The molecule has 0 saturated carbocycles. The molecule has 1 aromatic rings.